The fourth-order valence-corrected chi connectivity index (χ4v) is 4.14. The second-order valence-corrected chi connectivity index (χ2v) is 7.50. The monoisotopic (exact) mass is 377 g/mol. The lowest BCUT2D eigenvalue weighted by atomic mass is 9.73. The zero-order chi connectivity index (χ0) is 19.7. The first kappa shape index (κ1) is 18.4. The molecule has 0 spiro atoms. The van der Waals surface area contributed by atoms with Crippen molar-refractivity contribution in [3.8, 4) is 0 Å². The number of hydrogen-bond acceptors (Lipinski definition) is 5. The summed E-state index contributed by atoms with van der Waals surface area (Å²) in [5, 5.41) is 31.5. The van der Waals surface area contributed by atoms with Crippen LogP contribution in [0.1, 0.15) is 17.7 Å². The highest BCUT2D eigenvalue weighted by Gasteiger charge is 2.49. The highest BCUT2D eigenvalue weighted by Crippen LogP contribution is 2.38. The Morgan fingerprint density at radius 3 is 2.50 bits per heavy atom. The topological polar surface area (TPSA) is 86.5 Å². The Morgan fingerprint density at radius 1 is 1.11 bits per heavy atom. The number of fused-ring (bicyclic) bond motifs is 1. The molecule has 1 saturated heterocycles. The van der Waals surface area contributed by atoms with Crippen molar-refractivity contribution in [3.05, 3.63) is 65.9 Å². The van der Waals surface area contributed by atoms with Gasteiger partial charge in [-0.3, -0.25) is 4.79 Å². The summed E-state index contributed by atoms with van der Waals surface area (Å²) >= 11 is 0. The van der Waals surface area contributed by atoms with E-state index in [9.17, 15) is 15.0 Å². The van der Waals surface area contributed by atoms with Crippen LogP contribution in [-0.2, 0) is 11.2 Å². The predicted molar refractivity (Wildman–Crippen MR) is 107 cm³/mol. The molecule has 28 heavy (non-hydrogen) atoms. The molecular formula is C22H23N3O3. The third-order valence-electron chi connectivity index (χ3n) is 5.72. The second kappa shape index (κ2) is 7.20. The number of aliphatic hydroxyl groups excluding tert-OH is 1. The van der Waals surface area contributed by atoms with Crippen molar-refractivity contribution in [1.29, 1.82) is 0 Å². The lowest BCUT2D eigenvalue weighted by molar-refractivity contribution is -0.157. The van der Waals surface area contributed by atoms with E-state index >= 15 is 0 Å². The Balaban J connectivity index is 1.75. The molecule has 0 aliphatic carbocycles. The molecule has 3 aromatic rings. The molecule has 144 valence electrons. The van der Waals surface area contributed by atoms with Crippen molar-refractivity contribution >= 4 is 22.6 Å². The Labute approximate surface area is 163 Å². The van der Waals surface area contributed by atoms with Gasteiger partial charge in [0.1, 0.15) is 5.41 Å². The van der Waals surface area contributed by atoms with Crippen molar-refractivity contribution in [1.82, 2.24) is 10.2 Å². The summed E-state index contributed by atoms with van der Waals surface area (Å²) in [6.07, 6.45) is -0.299. The molecule has 6 heteroatoms. The minimum Gasteiger partial charge on any atom is -0.481 e. The van der Waals surface area contributed by atoms with Gasteiger partial charge in [0.05, 0.1) is 11.8 Å². The molecule has 0 bridgehead atoms. The molecule has 2 aromatic carbocycles. The number of rotatable bonds is 4. The lowest BCUT2D eigenvalue weighted by Gasteiger charge is -2.44. The van der Waals surface area contributed by atoms with Crippen LogP contribution in [0.25, 0.3) is 10.8 Å². The maximum absolute atomic E-state index is 12.4. The smallest absolute Gasteiger partial charge is 0.314 e. The van der Waals surface area contributed by atoms with Gasteiger partial charge in [0.2, 0.25) is 0 Å². The molecule has 2 N–H and O–H groups in total. The van der Waals surface area contributed by atoms with Crippen LogP contribution in [0.15, 0.2) is 54.6 Å². The number of benzene rings is 2. The van der Waals surface area contributed by atoms with Crippen LogP contribution in [0.5, 0.6) is 0 Å². The maximum atomic E-state index is 12.4. The fourth-order valence-electron chi connectivity index (χ4n) is 4.14. The number of carboxylic acids is 1. The number of carbonyl (C=O) groups is 1. The van der Waals surface area contributed by atoms with Gasteiger partial charge >= 0.3 is 5.97 Å². The molecule has 2 atom stereocenters. The number of nitrogens with zero attached hydrogens (tertiary/aromatic N) is 3. The average molecular weight is 377 g/mol. The molecule has 6 nitrogen and oxygen atoms in total. The van der Waals surface area contributed by atoms with Crippen molar-refractivity contribution in [2.24, 2.45) is 5.41 Å². The van der Waals surface area contributed by atoms with Gasteiger partial charge in [0, 0.05) is 23.9 Å². The first-order chi connectivity index (χ1) is 13.5. The van der Waals surface area contributed by atoms with E-state index in [-0.39, 0.29) is 13.0 Å². The van der Waals surface area contributed by atoms with Crippen LogP contribution < -0.4 is 4.90 Å². The Morgan fingerprint density at radius 2 is 1.79 bits per heavy atom. The van der Waals surface area contributed by atoms with Gasteiger partial charge in [-0.1, -0.05) is 54.6 Å². The SMILES string of the molecule is Cc1nnc(N2CC[C@H](O)[C@](Cc3ccccc3)(C(=O)O)C2)c2ccccc12. The number of piperidine rings is 1. The van der Waals surface area contributed by atoms with Crippen LogP contribution >= 0.6 is 0 Å². The molecule has 1 fully saturated rings. The summed E-state index contributed by atoms with van der Waals surface area (Å²) in [5.41, 5.74) is 0.434. The summed E-state index contributed by atoms with van der Waals surface area (Å²) in [6.45, 7) is 2.63. The summed E-state index contributed by atoms with van der Waals surface area (Å²) in [6, 6.07) is 17.3. The van der Waals surface area contributed by atoms with Gasteiger partial charge in [-0.15, -0.1) is 5.10 Å². The quantitative estimate of drug-likeness (QED) is 0.727. The van der Waals surface area contributed by atoms with Gasteiger partial charge in [0.15, 0.2) is 5.82 Å². The van der Waals surface area contributed by atoms with E-state index < -0.39 is 17.5 Å². The van der Waals surface area contributed by atoms with Crippen molar-refractivity contribution in [3.63, 3.8) is 0 Å². The number of aromatic nitrogens is 2. The van der Waals surface area contributed by atoms with E-state index in [0.29, 0.717) is 18.8 Å². The predicted octanol–water partition coefficient (Wildman–Crippen LogP) is 2.82. The largest absolute Gasteiger partial charge is 0.481 e. The number of aliphatic hydroxyl groups is 1. The van der Waals surface area contributed by atoms with Gasteiger partial charge < -0.3 is 15.1 Å². The van der Waals surface area contributed by atoms with E-state index in [0.717, 1.165) is 22.0 Å². The fraction of sp³-hybridized carbons (Fsp3) is 0.318. The standard InChI is InChI=1S/C22H23N3O3/c1-15-17-9-5-6-10-18(17)20(24-23-15)25-12-11-19(26)22(14-25,21(27)28)13-16-7-3-2-4-8-16/h2-10,19,26H,11-14H2,1H3,(H,27,28)/t19-,22+/m0/s1. The molecular weight excluding hydrogens is 354 g/mol. The van der Waals surface area contributed by atoms with Crippen LogP contribution in [0.3, 0.4) is 0 Å². The maximum Gasteiger partial charge on any atom is 0.314 e. The Hall–Kier alpha value is -2.99. The van der Waals surface area contributed by atoms with Gasteiger partial charge in [-0.2, -0.15) is 5.10 Å². The molecule has 0 radical (unpaired) electrons. The third-order valence-corrected chi connectivity index (χ3v) is 5.72. The van der Waals surface area contributed by atoms with E-state index in [1.165, 1.54) is 0 Å². The van der Waals surface area contributed by atoms with Crippen molar-refractivity contribution in [2.45, 2.75) is 25.9 Å². The van der Waals surface area contributed by atoms with Crippen LogP contribution in [0, 0.1) is 12.3 Å². The van der Waals surface area contributed by atoms with E-state index in [4.69, 9.17) is 0 Å². The summed E-state index contributed by atoms with van der Waals surface area (Å²) < 4.78 is 0. The first-order valence-corrected chi connectivity index (χ1v) is 9.43. The van der Waals surface area contributed by atoms with Crippen molar-refractivity contribution in [2.75, 3.05) is 18.0 Å². The minimum atomic E-state index is -1.30. The number of anilines is 1. The van der Waals surface area contributed by atoms with Crippen molar-refractivity contribution < 1.29 is 15.0 Å². The zero-order valence-corrected chi connectivity index (χ0v) is 15.7. The number of carboxylic acid groups (broad SMARTS) is 1. The average Bonchev–Trinajstić information content (AvgIpc) is 2.71. The number of hydrogen-bond donors (Lipinski definition) is 2. The Kier molecular flexibility index (Phi) is 4.73. The molecule has 2 heterocycles. The molecule has 0 saturated carbocycles. The summed E-state index contributed by atoms with van der Waals surface area (Å²) in [4.78, 5) is 14.3. The van der Waals surface area contributed by atoms with Crippen LogP contribution in [0.2, 0.25) is 0 Å². The summed E-state index contributed by atoms with van der Waals surface area (Å²) in [7, 11) is 0. The molecule has 0 unspecified atom stereocenters. The highest BCUT2D eigenvalue weighted by molar-refractivity contribution is 5.93. The third kappa shape index (κ3) is 3.10. The molecule has 1 aromatic heterocycles. The molecule has 1 aliphatic rings. The Bertz CT molecular complexity index is 1010. The van der Waals surface area contributed by atoms with Gasteiger partial charge in [0.25, 0.3) is 0 Å². The van der Waals surface area contributed by atoms with E-state index in [2.05, 4.69) is 10.2 Å². The van der Waals surface area contributed by atoms with Crippen LogP contribution in [0.4, 0.5) is 5.82 Å². The summed E-state index contributed by atoms with van der Waals surface area (Å²) in [5.74, 6) is -0.315. The molecule has 0 amide bonds. The number of aliphatic carboxylic acids is 1. The molecule has 4 rings (SSSR count). The van der Waals surface area contributed by atoms with E-state index in [1.54, 1.807) is 0 Å². The van der Waals surface area contributed by atoms with Gasteiger partial charge in [-0.25, -0.2) is 0 Å². The highest BCUT2D eigenvalue weighted by atomic mass is 16.4. The normalized spacial score (nSPS) is 22.4. The van der Waals surface area contributed by atoms with Crippen LogP contribution in [-0.4, -0.2) is 45.6 Å². The first-order valence-electron chi connectivity index (χ1n) is 9.43. The minimum absolute atomic E-state index is 0.181. The lowest BCUT2D eigenvalue weighted by Crippen LogP contribution is -2.57. The van der Waals surface area contributed by atoms with Gasteiger partial charge in [-0.05, 0) is 25.3 Å². The van der Waals surface area contributed by atoms with E-state index in [1.807, 2.05) is 66.4 Å². The molecule has 1 aliphatic heterocycles. The zero-order valence-electron chi connectivity index (χ0n) is 15.7. The second-order valence-electron chi connectivity index (χ2n) is 7.50. The number of aryl methyl sites for hydroxylation is 1.